The fourth-order valence-corrected chi connectivity index (χ4v) is 2.49. The van der Waals surface area contributed by atoms with Crippen LogP contribution in [0.5, 0.6) is 5.75 Å². The van der Waals surface area contributed by atoms with Crippen LogP contribution in [0.25, 0.3) is 10.6 Å². The van der Waals surface area contributed by atoms with Gasteiger partial charge in [0.1, 0.15) is 15.8 Å². The summed E-state index contributed by atoms with van der Waals surface area (Å²) in [6.45, 7) is 7.32. The largest absolute Gasteiger partial charge is 0.508 e. The van der Waals surface area contributed by atoms with E-state index in [1.54, 1.807) is 23.5 Å². The molecular weight excluding hydrogens is 258 g/mol. The van der Waals surface area contributed by atoms with Crippen LogP contribution >= 0.6 is 11.3 Å². The van der Waals surface area contributed by atoms with E-state index in [0.29, 0.717) is 0 Å². The fraction of sp³-hybridized carbons (Fsp3) is 0.429. The molecule has 2 rings (SSSR count). The van der Waals surface area contributed by atoms with E-state index in [-0.39, 0.29) is 11.3 Å². The number of nitrogens with one attached hydrogen (secondary N) is 1. The molecule has 1 aromatic carbocycles. The minimum Gasteiger partial charge on any atom is -0.508 e. The normalized spacial score (nSPS) is 11.7. The lowest BCUT2D eigenvalue weighted by Crippen LogP contribution is -2.37. The summed E-state index contributed by atoms with van der Waals surface area (Å²) in [6, 6.07) is 7.10. The lowest BCUT2D eigenvalue weighted by molar-refractivity contribution is 0.429. The molecule has 0 saturated carbocycles. The van der Waals surface area contributed by atoms with Crippen LogP contribution in [0.4, 0.5) is 0 Å². The highest BCUT2D eigenvalue weighted by Gasteiger charge is 2.10. The minimum absolute atomic E-state index is 0.124. The molecule has 0 unspecified atom stereocenters. The Bertz CT molecular complexity index is 546. The zero-order valence-electron chi connectivity index (χ0n) is 11.5. The third-order valence-corrected chi connectivity index (χ3v) is 3.59. The third kappa shape index (κ3) is 4.29. The monoisotopic (exact) mass is 277 g/mol. The first-order valence-electron chi connectivity index (χ1n) is 6.31. The van der Waals surface area contributed by atoms with Crippen molar-refractivity contribution in [1.29, 1.82) is 0 Å². The molecule has 0 aliphatic rings. The highest BCUT2D eigenvalue weighted by Crippen LogP contribution is 2.26. The van der Waals surface area contributed by atoms with E-state index in [1.807, 2.05) is 12.1 Å². The predicted molar refractivity (Wildman–Crippen MR) is 78.5 cm³/mol. The Labute approximate surface area is 117 Å². The van der Waals surface area contributed by atoms with Crippen molar-refractivity contribution in [3.05, 3.63) is 29.3 Å². The molecule has 0 amide bonds. The van der Waals surface area contributed by atoms with E-state index in [2.05, 4.69) is 36.3 Å². The van der Waals surface area contributed by atoms with Crippen LogP contribution in [0.1, 0.15) is 25.8 Å². The number of nitrogens with zero attached hydrogens (tertiary/aromatic N) is 2. The standard InChI is InChI=1S/C14H19N3OS/c1-14(2,3)15-8-7-12-16-17-13(19-12)10-5-4-6-11(18)9-10/h4-6,9,15,18H,7-8H2,1-3H3. The number of hydrogen-bond donors (Lipinski definition) is 2. The summed E-state index contributed by atoms with van der Waals surface area (Å²) in [5.41, 5.74) is 1.03. The molecule has 0 spiro atoms. The molecule has 0 atom stereocenters. The topological polar surface area (TPSA) is 58.0 Å². The molecule has 2 aromatic rings. The van der Waals surface area contributed by atoms with E-state index in [4.69, 9.17) is 0 Å². The molecule has 1 aromatic heterocycles. The lowest BCUT2D eigenvalue weighted by Gasteiger charge is -2.19. The Balaban J connectivity index is 1.99. The SMILES string of the molecule is CC(C)(C)NCCc1nnc(-c2cccc(O)c2)s1. The highest BCUT2D eigenvalue weighted by atomic mass is 32.1. The van der Waals surface area contributed by atoms with E-state index in [0.717, 1.165) is 28.5 Å². The van der Waals surface area contributed by atoms with Gasteiger partial charge in [-0.3, -0.25) is 0 Å². The second-order valence-electron chi connectivity index (χ2n) is 5.48. The minimum atomic E-state index is 0.124. The van der Waals surface area contributed by atoms with Crippen molar-refractivity contribution >= 4 is 11.3 Å². The van der Waals surface area contributed by atoms with Crippen molar-refractivity contribution in [3.8, 4) is 16.3 Å². The van der Waals surface area contributed by atoms with Crippen LogP contribution in [0.3, 0.4) is 0 Å². The van der Waals surface area contributed by atoms with Gasteiger partial charge in [-0.1, -0.05) is 23.5 Å². The Morgan fingerprint density at radius 1 is 1.26 bits per heavy atom. The molecule has 0 aliphatic heterocycles. The van der Waals surface area contributed by atoms with E-state index >= 15 is 0 Å². The van der Waals surface area contributed by atoms with Crippen molar-refractivity contribution in [2.75, 3.05) is 6.54 Å². The number of benzene rings is 1. The number of aromatic nitrogens is 2. The maximum Gasteiger partial charge on any atom is 0.147 e. The first-order valence-corrected chi connectivity index (χ1v) is 7.12. The van der Waals surface area contributed by atoms with Gasteiger partial charge in [-0.05, 0) is 32.9 Å². The van der Waals surface area contributed by atoms with Crippen LogP contribution in [0.2, 0.25) is 0 Å². The van der Waals surface area contributed by atoms with Gasteiger partial charge in [-0.15, -0.1) is 10.2 Å². The lowest BCUT2D eigenvalue weighted by atomic mass is 10.1. The van der Waals surface area contributed by atoms with Crippen LogP contribution < -0.4 is 5.32 Å². The van der Waals surface area contributed by atoms with Gasteiger partial charge in [0.2, 0.25) is 0 Å². The Morgan fingerprint density at radius 2 is 2.05 bits per heavy atom. The van der Waals surface area contributed by atoms with Crippen molar-refractivity contribution < 1.29 is 5.11 Å². The van der Waals surface area contributed by atoms with Crippen LogP contribution in [0.15, 0.2) is 24.3 Å². The van der Waals surface area contributed by atoms with E-state index < -0.39 is 0 Å². The van der Waals surface area contributed by atoms with Crippen molar-refractivity contribution in [2.45, 2.75) is 32.7 Å². The van der Waals surface area contributed by atoms with Crippen molar-refractivity contribution in [2.24, 2.45) is 0 Å². The molecule has 0 fully saturated rings. The molecule has 0 bridgehead atoms. The maximum atomic E-state index is 9.46. The summed E-state index contributed by atoms with van der Waals surface area (Å²) >= 11 is 1.57. The summed E-state index contributed by atoms with van der Waals surface area (Å²) in [5.74, 6) is 0.253. The average molecular weight is 277 g/mol. The first kappa shape index (κ1) is 14.0. The molecule has 102 valence electrons. The average Bonchev–Trinajstić information content (AvgIpc) is 2.76. The fourth-order valence-electron chi connectivity index (χ4n) is 1.65. The predicted octanol–water partition coefficient (Wildman–Crippen LogP) is 2.84. The summed E-state index contributed by atoms with van der Waals surface area (Å²) in [7, 11) is 0. The smallest absolute Gasteiger partial charge is 0.147 e. The van der Waals surface area contributed by atoms with E-state index in [9.17, 15) is 5.11 Å². The zero-order valence-corrected chi connectivity index (χ0v) is 12.3. The van der Waals surface area contributed by atoms with Crippen LogP contribution in [0, 0.1) is 0 Å². The number of aromatic hydroxyl groups is 1. The number of phenols is 1. The molecule has 0 saturated heterocycles. The second kappa shape index (κ2) is 5.67. The van der Waals surface area contributed by atoms with Crippen LogP contribution in [-0.4, -0.2) is 27.4 Å². The molecule has 5 heteroatoms. The Morgan fingerprint density at radius 3 is 2.74 bits per heavy atom. The second-order valence-corrected chi connectivity index (χ2v) is 6.54. The number of hydrogen-bond acceptors (Lipinski definition) is 5. The van der Waals surface area contributed by atoms with E-state index in [1.165, 1.54) is 0 Å². The molecule has 4 nitrogen and oxygen atoms in total. The molecule has 0 radical (unpaired) electrons. The summed E-state index contributed by atoms with van der Waals surface area (Å²) < 4.78 is 0. The van der Waals surface area contributed by atoms with Crippen molar-refractivity contribution in [1.82, 2.24) is 15.5 Å². The van der Waals surface area contributed by atoms with Gasteiger partial charge < -0.3 is 10.4 Å². The van der Waals surface area contributed by atoms with Gasteiger partial charge >= 0.3 is 0 Å². The zero-order chi connectivity index (χ0) is 13.9. The molecular formula is C14H19N3OS. The Kier molecular flexibility index (Phi) is 4.17. The third-order valence-electron chi connectivity index (χ3n) is 2.55. The van der Waals surface area contributed by atoms with Gasteiger partial charge in [0.25, 0.3) is 0 Å². The molecule has 1 heterocycles. The molecule has 0 aliphatic carbocycles. The Hall–Kier alpha value is -1.46. The van der Waals surface area contributed by atoms with Gasteiger partial charge in [0, 0.05) is 24.1 Å². The van der Waals surface area contributed by atoms with Gasteiger partial charge in [0.15, 0.2) is 0 Å². The van der Waals surface area contributed by atoms with Gasteiger partial charge in [-0.2, -0.15) is 0 Å². The van der Waals surface area contributed by atoms with Crippen LogP contribution in [-0.2, 0) is 6.42 Å². The summed E-state index contributed by atoms with van der Waals surface area (Å²) in [4.78, 5) is 0. The quantitative estimate of drug-likeness (QED) is 0.902. The molecule has 19 heavy (non-hydrogen) atoms. The number of rotatable bonds is 4. The summed E-state index contributed by atoms with van der Waals surface area (Å²) in [6.07, 6.45) is 0.869. The van der Waals surface area contributed by atoms with Crippen molar-refractivity contribution in [3.63, 3.8) is 0 Å². The maximum absolute atomic E-state index is 9.46. The summed E-state index contributed by atoms with van der Waals surface area (Å²) in [5, 5.41) is 23.1. The number of phenolic OH excluding ortho intramolecular Hbond substituents is 1. The van der Waals surface area contributed by atoms with Gasteiger partial charge in [0.05, 0.1) is 0 Å². The highest BCUT2D eigenvalue weighted by molar-refractivity contribution is 7.14. The first-order chi connectivity index (χ1) is 8.94. The molecule has 2 N–H and O–H groups in total. The van der Waals surface area contributed by atoms with Gasteiger partial charge in [-0.25, -0.2) is 0 Å².